The summed E-state index contributed by atoms with van der Waals surface area (Å²) in [6.07, 6.45) is 3.50. The van der Waals surface area contributed by atoms with Crippen molar-refractivity contribution in [2.75, 3.05) is 11.4 Å². The molecule has 3 aromatic rings. The van der Waals surface area contributed by atoms with E-state index < -0.39 is 5.91 Å². The zero-order valence-electron chi connectivity index (χ0n) is 17.5. The molecule has 6 heteroatoms. The van der Waals surface area contributed by atoms with E-state index in [1.54, 1.807) is 24.3 Å². The fourth-order valence-electron chi connectivity index (χ4n) is 4.10. The van der Waals surface area contributed by atoms with Crippen LogP contribution in [0.25, 0.3) is 16.5 Å². The monoisotopic (exact) mass is 405 g/mol. The van der Waals surface area contributed by atoms with Gasteiger partial charge in [-0.1, -0.05) is 24.3 Å². The summed E-state index contributed by atoms with van der Waals surface area (Å²) in [7, 11) is 0. The fourth-order valence-corrected chi connectivity index (χ4v) is 4.10. The number of benzene rings is 2. The number of likely N-dealkylation sites (N-methyl/N-ethyl adjacent to an activating group) is 1. The maximum atomic E-state index is 14.8. The number of hydrogen-bond donors (Lipinski definition) is 1. The van der Waals surface area contributed by atoms with Crippen LogP contribution in [0, 0.1) is 5.82 Å². The number of para-hydroxylation sites is 1. The predicted molar refractivity (Wildman–Crippen MR) is 118 cm³/mol. The average Bonchev–Trinajstić information content (AvgIpc) is 3.13. The summed E-state index contributed by atoms with van der Waals surface area (Å²) >= 11 is 0. The minimum Gasteiger partial charge on any atom is -0.451 e. The molecule has 1 aliphatic heterocycles. The zero-order chi connectivity index (χ0) is 21.5. The number of fused-ring (bicyclic) bond motifs is 2. The molecular formula is C24H24FN3O2. The molecule has 0 saturated heterocycles. The maximum Gasteiger partial charge on any atom is 0.307 e. The van der Waals surface area contributed by atoms with Gasteiger partial charge in [-0.2, -0.15) is 5.10 Å². The third-order valence-electron chi connectivity index (χ3n) is 5.43. The number of hydrogen-bond acceptors (Lipinski definition) is 4. The summed E-state index contributed by atoms with van der Waals surface area (Å²) in [5.41, 5.74) is 6.06. The molecule has 0 aliphatic carbocycles. The second kappa shape index (κ2) is 7.44. The molecule has 1 aromatic heterocycles. The first-order chi connectivity index (χ1) is 14.3. The minimum atomic E-state index is -0.490. The van der Waals surface area contributed by atoms with Crippen molar-refractivity contribution in [3.05, 3.63) is 71.2 Å². The SMILES string of the molecule is CCN1c2cc(F)c(/C=N/NC(=O)c3cc4ccccc4o3)cc2C(C)=CC1(C)C. The lowest BCUT2D eigenvalue weighted by Gasteiger charge is -2.42. The number of hydrazone groups is 1. The summed E-state index contributed by atoms with van der Waals surface area (Å²) in [5, 5.41) is 4.76. The smallest absolute Gasteiger partial charge is 0.307 e. The topological polar surface area (TPSA) is 57.8 Å². The first-order valence-corrected chi connectivity index (χ1v) is 9.93. The second-order valence-electron chi connectivity index (χ2n) is 7.96. The molecule has 0 saturated carbocycles. The summed E-state index contributed by atoms with van der Waals surface area (Å²) in [5.74, 6) is -0.728. The highest BCUT2D eigenvalue weighted by Gasteiger charge is 2.30. The number of amides is 1. The van der Waals surface area contributed by atoms with Crippen LogP contribution in [0.15, 0.2) is 58.1 Å². The largest absolute Gasteiger partial charge is 0.451 e. The molecule has 0 spiro atoms. The van der Waals surface area contributed by atoms with Crippen LogP contribution in [0.5, 0.6) is 0 Å². The average molecular weight is 405 g/mol. The maximum absolute atomic E-state index is 14.8. The van der Waals surface area contributed by atoms with Gasteiger partial charge < -0.3 is 9.32 Å². The Hall–Kier alpha value is -3.41. The fraction of sp³-hybridized carbons (Fsp3) is 0.250. The molecule has 0 atom stereocenters. The lowest BCUT2D eigenvalue weighted by molar-refractivity contribution is 0.0929. The van der Waals surface area contributed by atoms with Gasteiger partial charge >= 0.3 is 5.91 Å². The lowest BCUT2D eigenvalue weighted by Crippen LogP contribution is -2.45. The molecule has 5 nitrogen and oxygen atoms in total. The van der Waals surface area contributed by atoms with Crippen LogP contribution in [0.4, 0.5) is 10.1 Å². The van der Waals surface area contributed by atoms with E-state index in [1.165, 1.54) is 6.21 Å². The Morgan fingerprint density at radius 1 is 1.27 bits per heavy atom. The number of carbonyl (C=O) groups excluding carboxylic acids is 1. The van der Waals surface area contributed by atoms with Crippen LogP contribution in [0.3, 0.4) is 0 Å². The van der Waals surface area contributed by atoms with Crippen molar-refractivity contribution in [1.82, 2.24) is 5.43 Å². The highest BCUT2D eigenvalue weighted by Crippen LogP contribution is 2.39. The summed E-state index contributed by atoms with van der Waals surface area (Å²) in [4.78, 5) is 14.5. The number of carbonyl (C=O) groups is 1. The van der Waals surface area contributed by atoms with E-state index in [2.05, 4.69) is 42.3 Å². The Morgan fingerprint density at radius 3 is 2.77 bits per heavy atom. The van der Waals surface area contributed by atoms with Gasteiger partial charge in [0.1, 0.15) is 11.4 Å². The highest BCUT2D eigenvalue weighted by molar-refractivity contribution is 5.96. The molecule has 1 N–H and O–H groups in total. The van der Waals surface area contributed by atoms with E-state index in [0.29, 0.717) is 11.1 Å². The molecule has 0 fully saturated rings. The molecule has 0 bridgehead atoms. The van der Waals surface area contributed by atoms with Crippen molar-refractivity contribution in [3.63, 3.8) is 0 Å². The van der Waals surface area contributed by atoms with Gasteiger partial charge in [-0.15, -0.1) is 0 Å². The molecule has 154 valence electrons. The van der Waals surface area contributed by atoms with Gasteiger partial charge in [-0.25, -0.2) is 9.82 Å². The van der Waals surface area contributed by atoms with Gasteiger partial charge in [0.25, 0.3) is 0 Å². The van der Waals surface area contributed by atoms with E-state index >= 15 is 0 Å². The van der Waals surface area contributed by atoms with Crippen LogP contribution < -0.4 is 10.3 Å². The first kappa shape index (κ1) is 19.9. The Balaban J connectivity index is 1.57. The number of rotatable bonds is 4. The van der Waals surface area contributed by atoms with Crippen molar-refractivity contribution in [2.24, 2.45) is 5.10 Å². The first-order valence-electron chi connectivity index (χ1n) is 9.93. The van der Waals surface area contributed by atoms with Gasteiger partial charge in [-0.05, 0) is 57.5 Å². The Morgan fingerprint density at radius 2 is 2.03 bits per heavy atom. The summed E-state index contributed by atoms with van der Waals surface area (Å²) in [6, 6.07) is 12.3. The van der Waals surface area contributed by atoms with Crippen molar-refractivity contribution >= 4 is 34.4 Å². The summed E-state index contributed by atoms with van der Waals surface area (Å²) < 4.78 is 20.3. The van der Waals surface area contributed by atoms with Crippen LogP contribution in [-0.2, 0) is 0 Å². The third-order valence-corrected chi connectivity index (χ3v) is 5.43. The number of nitrogens with zero attached hydrogens (tertiary/aromatic N) is 2. The zero-order valence-corrected chi connectivity index (χ0v) is 17.5. The van der Waals surface area contributed by atoms with Gasteiger partial charge in [0.2, 0.25) is 0 Å². The standard InChI is InChI=1S/C24H24FN3O2/c1-5-28-20-12-19(25)17(10-18(20)15(2)13-24(28,3)4)14-26-27-23(29)22-11-16-8-6-7-9-21(16)30-22/h6-14H,5H2,1-4H3,(H,27,29)/b26-14+. The predicted octanol–water partition coefficient (Wildman–Crippen LogP) is 5.36. The minimum absolute atomic E-state index is 0.152. The quantitative estimate of drug-likeness (QED) is 0.470. The molecular weight excluding hydrogens is 381 g/mol. The van der Waals surface area contributed by atoms with E-state index in [-0.39, 0.29) is 17.1 Å². The van der Waals surface area contributed by atoms with Gasteiger partial charge in [0.05, 0.1) is 11.8 Å². The molecule has 0 radical (unpaired) electrons. The van der Waals surface area contributed by atoms with Gasteiger partial charge in [-0.3, -0.25) is 4.79 Å². The van der Waals surface area contributed by atoms with Crippen LogP contribution >= 0.6 is 0 Å². The Bertz CT molecular complexity index is 1160. The van der Waals surface area contributed by atoms with Crippen molar-refractivity contribution in [1.29, 1.82) is 0 Å². The summed E-state index contributed by atoms with van der Waals surface area (Å²) in [6.45, 7) is 9.08. The number of allylic oxidation sites excluding steroid dienone is 1. The number of nitrogens with one attached hydrogen (secondary N) is 1. The Labute approximate surface area is 174 Å². The van der Waals surface area contributed by atoms with Crippen LogP contribution in [0.1, 0.15) is 49.4 Å². The van der Waals surface area contributed by atoms with Crippen LogP contribution in [0.2, 0.25) is 0 Å². The molecule has 30 heavy (non-hydrogen) atoms. The lowest BCUT2D eigenvalue weighted by atomic mass is 9.88. The molecule has 2 heterocycles. The van der Waals surface area contributed by atoms with E-state index in [9.17, 15) is 9.18 Å². The Kier molecular flexibility index (Phi) is 4.94. The van der Waals surface area contributed by atoms with Crippen molar-refractivity contribution < 1.29 is 13.6 Å². The molecule has 1 aliphatic rings. The number of furan rings is 1. The van der Waals surface area contributed by atoms with E-state index in [1.807, 2.05) is 25.1 Å². The van der Waals surface area contributed by atoms with Crippen molar-refractivity contribution in [3.8, 4) is 0 Å². The third kappa shape index (κ3) is 3.49. The van der Waals surface area contributed by atoms with Crippen molar-refractivity contribution in [2.45, 2.75) is 33.2 Å². The van der Waals surface area contributed by atoms with Gasteiger partial charge in [0.15, 0.2) is 5.76 Å². The molecule has 0 unspecified atom stereocenters. The van der Waals surface area contributed by atoms with E-state index in [0.717, 1.165) is 28.8 Å². The second-order valence-corrected chi connectivity index (χ2v) is 7.96. The number of anilines is 1. The normalized spacial score (nSPS) is 15.4. The molecule has 4 rings (SSSR count). The highest BCUT2D eigenvalue weighted by atomic mass is 19.1. The molecule has 2 aromatic carbocycles. The number of halogens is 1. The molecule has 1 amide bonds. The van der Waals surface area contributed by atoms with Gasteiger partial charge in [0, 0.05) is 28.7 Å². The van der Waals surface area contributed by atoms with E-state index in [4.69, 9.17) is 4.42 Å². The van der Waals surface area contributed by atoms with Crippen LogP contribution in [-0.4, -0.2) is 24.2 Å².